The molecule has 0 radical (unpaired) electrons. The highest BCUT2D eigenvalue weighted by atomic mass is 19.1. The summed E-state index contributed by atoms with van der Waals surface area (Å²) in [5.74, 6) is -0.175. The van der Waals surface area contributed by atoms with E-state index in [-0.39, 0.29) is 11.2 Å². The molecule has 0 bridgehead atoms. The molecule has 3 aromatic rings. The van der Waals surface area contributed by atoms with Crippen molar-refractivity contribution in [3.8, 4) is 11.1 Å². The van der Waals surface area contributed by atoms with E-state index in [1.807, 2.05) is 12.1 Å². The Morgan fingerprint density at radius 2 is 1.59 bits per heavy atom. The molecule has 1 heteroatoms. The molecule has 0 N–H and O–H groups in total. The Hall–Kier alpha value is -2.41. The second-order valence-corrected chi connectivity index (χ2v) is 6.18. The summed E-state index contributed by atoms with van der Waals surface area (Å²) < 4.78 is 13.9. The molecule has 0 saturated heterocycles. The molecule has 0 saturated carbocycles. The van der Waals surface area contributed by atoms with Gasteiger partial charge in [-0.15, -0.1) is 0 Å². The highest BCUT2D eigenvalue weighted by molar-refractivity contribution is 5.84. The van der Waals surface area contributed by atoms with Gasteiger partial charge in [0.1, 0.15) is 5.82 Å². The van der Waals surface area contributed by atoms with E-state index in [4.69, 9.17) is 0 Å². The molecule has 0 spiro atoms. The summed E-state index contributed by atoms with van der Waals surface area (Å²) in [5.41, 5.74) is 6.87. The minimum atomic E-state index is -0.306. The lowest BCUT2D eigenvalue weighted by molar-refractivity contribution is 0.617. The fourth-order valence-corrected chi connectivity index (χ4v) is 3.93. The number of halogens is 1. The topological polar surface area (TPSA) is 0 Å². The summed E-state index contributed by atoms with van der Waals surface area (Å²) in [6, 6.07) is 21.9. The van der Waals surface area contributed by atoms with Crippen molar-refractivity contribution in [2.75, 3.05) is 0 Å². The van der Waals surface area contributed by atoms with Crippen molar-refractivity contribution in [1.29, 1.82) is 0 Å². The first-order valence-corrected chi connectivity index (χ1v) is 7.58. The van der Waals surface area contributed by atoms with Crippen LogP contribution in [0.2, 0.25) is 0 Å². The van der Waals surface area contributed by atoms with E-state index in [2.05, 4.69) is 56.3 Å². The number of benzene rings is 3. The maximum absolute atomic E-state index is 13.9. The van der Waals surface area contributed by atoms with Gasteiger partial charge in [0, 0.05) is 5.41 Å². The van der Waals surface area contributed by atoms with Crippen LogP contribution < -0.4 is 0 Å². The summed E-state index contributed by atoms with van der Waals surface area (Å²) in [4.78, 5) is 0. The van der Waals surface area contributed by atoms with Crippen molar-refractivity contribution in [1.82, 2.24) is 0 Å². The Morgan fingerprint density at radius 1 is 0.818 bits per heavy atom. The molecule has 0 heterocycles. The maximum atomic E-state index is 13.9. The molecular formula is C21H17F. The lowest BCUT2D eigenvalue weighted by atomic mass is 9.73. The van der Waals surface area contributed by atoms with E-state index in [1.165, 1.54) is 22.3 Å². The minimum absolute atomic E-state index is 0.175. The molecule has 0 fully saturated rings. The van der Waals surface area contributed by atoms with Crippen LogP contribution in [0.1, 0.15) is 29.2 Å². The zero-order chi connectivity index (χ0) is 15.3. The van der Waals surface area contributed by atoms with Gasteiger partial charge in [0.25, 0.3) is 0 Å². The summed E-state index contributed by atoms with van der Waals surface area (Å²) in [6.45, 7) is 4.35. The van der Waals surface area contributed by atoms with Crippen molar-refractivity contribution in [3.63, 3.8) is 0 Å². The predicted octanol–water partition coefficient (Wildman–Crippen LogP) is 5.47. The normalized spacial score (nSPS) is 18.9. The molecule has 0 amide bonds. The third-order valence-corrected chi connectivity index (χ3v) is 4.93. The van der Waals surface area contributed by atoms with Crippen LogP contribution >= 0.6 is 0 Å². The Balaban J connectivity index is 2.14. The first-order chi connectivity index (χ1) is 10.6. The fourth-order valence-electron chi connectivity index (χ4n) is 3.93. The Morgan fingerprint density at radius 3 is 2.36 bits per heavy atom. The van der Waals surface area contributed by atoms with Crippen LogP contribution in [0.5, 0.6) is 0 Å². The van der Waals surface area contributed by atoms with Crippen LogP contribution in [0.25, 0.3) is 11.1 Å². The van der Waals surface area contributed by atoms with E-state index in [9.17, 15) is 4.39 Å². The minimum Gasteiger partial charge on any atom is -0.207 e. The molecule has 4 rings (SSSR count). The van der Waals surface area contributed by atoms with E-state index >= 15 is 0 Å². The van der Waals surface area contributed by atoms with E-state index in [0.717, 1.165) is 11.1 Å². The molecular weight excluding hydrogens is 271 g/mol. The van der Waals surface area contributed by atoms with Gasteiger partial charge in [-0.05, 0) is 59.4 Å². The molecule has 0 nitrogen and oxygen atoms in total. The van der Waals surface area contributed by atoms with Gasteiger partial charge in [-0.2, -0.15) is 0 Å². The van der Waals surface area contributed by atoms with Crippen LogP contribution in [0.15, 0.2) is 66.7 Å². The Bertz CT molecular complexity index is 864. The summed E-state index contributed by atoms with van der Waals surface area (Å²) in [7, 11) is 0. The Labute approximate surface area is 130 Å². The van der Waals surface area contributed by atoms with E-state index < -0.39 is 0 Å². The molecule has 22 heavy (non-hydrogen) atoms. The molecule has 3 aromatic carbocycles. The molecule has 108 valence electrons. The van der Waals surface area contributed by atoms with Gasteiger partial charge < -0.3 is 0 Å². The lowest BCUT2D eigenvalue weighted by Crippen LogP contribution is -2.23. The summed E-state index contributed by atoms with van der Waals surface area (Å²) >= 11 is 0. The number of hydrogen-bond donors (Lipinski definition) is 0. The number of fused-ring (bicyclic) bond motifs is 3. The molecule has 0 aliphatic heterocycles. The van der Waals surface area contributed by atoms with Gasteiger partial charge >= 0.3 is 0 Å². The number of rotatable bonds is 1. The number of hydrogen-bond acceptors (Lipinski definition) is 0. The average Bonchev–Trinajstić information content (AvgIpc) is 2.80. The first kappa shape index (κ1) is 13.3. The zero-order valence-electron chi connectivity index (χ0n) is 12.7. The maximum Gasteiger partial charge on any atom is 0.123 e. The van der Waals surface area contributed by atoms with Gasteiger partial charge in [0.05, 0.1) is 0 Å². The quantitative estimate of drug-likeness (QED) is 0.557. The highest BCUT2D eigenvalue weighted by Gasteiger charge is 2.41. The summed E-state index contributed by atoms with van der Waals surface area (Å²) in [5, 5.41) is 0. The predicted molar refractivity (Wildman–Crippen MR) is 88.6 cm³/mol. The standard InChI is InChI=1S/C21H17F/c1-14-7-6-10-18-17-12-11-16(22)13-19(17)21(2,20(14)18)15-8-4-3-5-9-15/h3-13H,1-2H3. The fraction of sp³-hybridized carbons (Fsp3) is 0.143. The smallest absolute Gasteiger partial charge is 0.123 e. The molecule has 1 unspecified atom stereocenters. The van der Waals surface area contributed by atoms with Crippen molar-refractivity contribution in [2.24, 2.45) is 0 Å². The highest BCUT2D eigenvalue weighted by Crippen LogP contribution is 2.53. The van der Waals surface area contributed by atoms with Gasteiger partial charge in [-0.25, -0.2) is 4.39 Å². The largest absolute Gasteiger partial charge is 0.207 e. The Kier molecular flexibility index (Phi) is 2.74. The van der Waals surface area contributed by atoms with Crippen LogP contribution in [-0.2, 0) is 5.41 Å². The van der Waals surface area contributed by atoms with Gasteiger partial charge in [-0.1, -0.05) is 54.6 Å². The lowest BCUT2D eigenvalue weighted by Gasteiger charge is -2.29. The van der Waals surface area contributed by atoms with Gasteiger partial charge in [0.2, 0.25) is 0 Å². The third kappa shape index (κ3) is 1.62. The molecule has 1 atom stereocenters. The SMILES string of the molecule is Cc1cccc2c1C(C)(c1ccccc1)c1cc(F)ccc1-2. The summed E-state index contributed by atoms with van der Waals surface area (Å²) in [6.07, 6.45) is 0. The van der Waals surface area contributed by atoms with Crippen LogP contribution in [0, 0.1) is 12.7 Å². The molecule has 1 aliphatic rings. The van der Waals surface area contributed by atoms with Crippen LogP contribution in [0.4, 0.5) is 4.39 Å². The van der Waals surface area contributed by atoms with Crippen molar-refractivity contribution >= 4 is 0 Å². The molecule has 1 aliphatic carbocycles. The third-order valence-electron chi connectivity index (χ3n) is 4.93. The zero-order valence-corrected chi connectivity index (χ0v) is 12.7. The monoisotopic (exact) mass is 288 g/mol. The second-order valence-electron chi connectivity index (χ2n) is 6.18. The van der Waals surface area contributed by atoms with Crippen molar-refractivity contribution < 1.29 is 4.39 Å². The van der Waals surface area contributed by atoms with Crippen LogP contribution in [-0.4, -0.2) is 0 Å². The first-order valence-electron chi connectivity index (χ1n) is 7.58. The van der Waals surface area contributed by atoms with E-state index in [1.54, 1.807) is 12.1 Å². The van der Waals surface area contributed by atoms with Gasteiger partial charge in [-0.3, -0.25) is 0 Å². The van der Waals surface area contributed by atoms with Gasteiger partial charge in [0.15, 0.2) is 0 Å². The van der Waals surface area contributed by atoms with Crippen molar-refractivity contribution in [2.45, 2.75) is 19.3 Å². The molecule has 0 aromatic heterocycles. The average molecular weight is 288 g/mol. The second kappa shape index (κ2) is 4.54. The van der Waals surface area contributed by atoms with Crippen molar-refractivity contribution in [3.05, 3.63) is 94.8 Å². The van der Waals surface area contributed by atoms with E-state index in [0.29, 0.717) is 0 Å². The number of aryl methyl sites for hydroxylation is 1. The van der Waals surface area contributed by atoms with Crippen LogP contribution in [0.3, 0.4) is 0 Å².